The number of hydrogen-bond donors (Lipinski definition) is 1. The van der Waals surface area contributed by atoms with E-state index in [1.807, 2.05) is 0 Å². The second-order valence-corrected chi connectivity index (χ2v) is 8.78. The summed E-state index contributed by atoms with van der Waals surface area (Å²) < 4.78 is 82.1. The summed E-state index contributed by atoms with van der Waals surface area (Å²) in [5.41, 5.74) is -0.322. The molecule has 2 atom stereocenters. The molecular weight excluding hydrogens is 490 g/mol. The number of hydrogen-bond acceptors (Lipinski definition) is 5. The number of likely N-dealkylation sites (tertiary alicyclic amines) is 1. The largest absolute Gasteiger partial charge is 0.419 e. The Kier molecular flexibility index (Phi) is 6.67. The number of alkyl halides is 5. The van der Waals surface area contributed by atoms with Crippen molar-refractivity contribution in [3.63, 3.8) is 0 Å². The van der Waals surface area contributed by atoms with Gasteiger partial charge in [0, 0.05) is 44.2 Å². The van der Waals surface area contributed by atoms with Gasteiger partial charge in [0.05, 0.1) is 23.7 Å². The summed E-state index contributed by atoms with van der Waals surface area (Å²) in [7, 11) is 1.57. The van der Waals surface area contributed by atoms with Crippen LogP contribution in [0.25, 0.3) is 11.3 Å². The lowest BCUT2D eigenvalue weighted by Gasteiger charge is -2.43. The minimum atomic E-state index is -4.60. The molecule has 0 radical (unpaired) electrons. The Bertz CT molecular complexity index is 1230. The van der Waals surface area contributed by atoms with Crippen molar-refractivity contribution in [2.75, 3.05) is 18.4 Å². The molecule has 7 nitrogen and oxygen atoms in total. The number of aromatic nitrogens is 4. The van der Waals surface area contributed by atoms with Crippen molar-refractivity contribution in [3.8, 4) is 11.3 Å². The first kappa shape index (κ1) is 25.5. The van der Waals surface area contributed by atoms with Crippen LogP contribution in [0.2, 0.25) is 0 Å². The maximum absolute atomic E-state index is 14.5. The molecule has 1 aliphatic heterocycles. The molecule has 1 aliphatic rings. The number of amides is 1. The smallest absolute Gasteiger partial charge is 0.352 e. The van der Waals surface area contributed by atoms with E-state index >= 15 is 0 Å². The lowest BCUT2D eigenvalue weighted by molar-refractivity contribution is -0.138. The summed E-state index contributed by atoms with van der Waals surface area (Å²) in [5.74, 6) is -5.12. The molecule has 3 heterocycles. The van der Waals surface area contributed by atoms with Crippen molar-refractivity contribution in [2.45, 2.75) is 31.5 Å². The van der Waals surface area contributed by atoms with Crippen molar-refractivity contribution in [2.24, 2.45) is 13.0 Å². The molecule has 0 spiro atoms. The highest BCUT2D eigenvalue weighted by atomic mass is 19.4. The Hall–Kier alpha value is -3.64. The first-order valence-electron chi connectivity index (χ1n) is 11.0. The Labute approximate surface area is 202 Å². The van der Waals surface area contributed by atoms with Gasteiger partial charge >= 0.3 is 6.18 Å². The summed E-state index contributed by atoms with van der Waals surface area (Å²) in [5, 5.41) is 7.01. The number of nitrogens with zero attached hydrogens (tertiary/aromatic N) is 5. The molecule has 192 valence electrons. The Morgan fingerprint density at radius 1 is 1.17 bits per heavy atom. The SMILES string of the molecule is C[C@@H]1CC(F)(F)CN(C(=O)c2cn(C)nc2-c2ccc(F)cc2)C1CNc1ncc(C(F)(F)F)cn1. The molecule has 0 aliphatic carbocycles. The second-order valence-electron chi connectivity index (χ2n) is 8.78. The molecule has 2 aromatic heterocycles. The topological polar surface area (TPSA) is 75.9 Å². The fraction of sp³-hybridized carbons (Fsp3) is 0.391. The van der Waals surface area contributed by atoms with E-state index in [-0.39, 0.29) is 23.8 Å². The van der Waals surface area contributed by atoms with E-state index in [1.54, 1.807) is 14.0 Å². The van der Waals surface area contributed by atoms with Crippen molar-refractivity contribution in [3.05, 3.63) is 59.8 Å². The zero-order chi connectivity index (χ0) is 26.3. The van der Waals surface area contributed by atoms with Crippen LogP contribution in [0.5, 0.6) is 0 Å². The van der Waals surface area contributed by atoms with Crippen LogP contribution in [0.15, 0.2) is 42.9 Å². The number of rotatable bonds is 5. The highest BCUT2D eigenvalue weighted by Gasteiger charge is 2.46. The van der Waals surface area contributed by atoms with Crippen LogP contribution in [0.3, 0.4) is 0 Å². The zero-order valence-electron chi connectivity index (χ0n) is 19.2. The van der Waals surface area contributed by atoms with Gasteiger partial charge in [0.25, 0.3) is 11.8 Å². The van der Waals surface area contributed by atoms with E-state index in [2.05, 4.69) is 20.4 Å². The lowest BCUT2D eigenvalue weighted by Crippen LogP contribution is -2.57. The van der Waals surface area contributed by atoms with Gasteiger partial charge in [0.15, 0.2) is 0 Å². The van der Waals surface area contributed by atoms with E-state index in [1.165, 1.54) is 35.1 Å². The molecular formula is C23H22F6N6O. The van der Waals surface area contributed by atoms with Gasteiger partial charge in [0.1, 0.15) is 11.5 Å². The van der Waals surface area contributed by atoms with E-state index < -0.39 is 54.3 Å². The highest BCUT2D eigenvalue weighted by Crippen LogP contribution is 2.36. The molecule has 1 unspecified atom stereocenters. The third-order valence-electron chi connectivity index (χ3n) is 5.97. The van der Waals surface area contributed by atoms with Crippen LogP contribution in [0, 0.1) is 11.7 Å². The molecule has 1 aromatic carbocycles. The summed E-state index contributed by atoms with van der Waals surface area (Å²) in [6, 6.07) is 4.52. The predicted octanol–water partition coefficient (Wildman–Crippen LogP) is 4.63. The molecule has 1 fully saturated rings. The van der Waals surface area contributed by atoms with Gasteiger partial charge in [-0.15, -0.1) is 0 Å². The van der Waals surface area contributed by atoms with Gasteiger partial charge < -0.3 is 10.2 Å². The van der Waals surface area contributed by atoms with Gasteiger partial charge in [-0.2, -0.15) is 18.3 Å². The maximum Gasteiger partial charge on any atom is 0.419 e. The van der Waals surface area contributed by atoms with Gasteiger partial charge in [0.2, 0.25) is 5.95 Å². The summed E-state index contributed by atoms with van der Waals surface area (Å²) in [4.78, 5) is 21.9. The van der Waals surface area contributed by atoms with Crippen LogP contribution >= 0.6 is 0 Å². The third kappa shape index (κ3) is 5.44. The van der Waals surface area contributed by atoms with Gasteiger partial charge in [-0.1, -0.05) is 6.92 Å². The molecule has 1 N–H and O–H groups in total. The van der Waals surface area contributed by atoms with Crippen molar-refractivity contribution < 1.29 is 31.1 Å². The number of benzene rings is 1. The molecule has 4 rings (SSSR count). The predicted molar refractivity (Wildman–Crippen MR) is 118 cm³/mol. The standard InChI is InChI=1S/C23H22F6N6O/c1-13-7-22(25,26)12-35(18(13)10-32-21-30-8-15(9-31-21)23(27,28)29)20(36)17-11-34(2)33-19(17)14-3-5-16(24)6-4-14/h3-6,8-9,11,13,18H,7,10,12H2,1-2H3,(H,30,31,32)/t13-,18?/m1/s1. The van der Waals surface area contributed by atoms with Crippen molar-refractivity contribution >= 4 is 11.9 Å². The number of aryl methyl sites for hydroxylation is 1. The van der Waals surface area contributed by atoms with Crippen LogP contribution < -0.4 is 5.32 Å². The monoisotopic (exact) mass is 512 g/mol. The number of anilines is 1. The summed E-state index contributed by atoms with van der Waals surface area (Å²) in [6.45, 7) is 0.645. The second kappa shape index (κ2) is 9.43. The Morgan fingerprint density at radius 3 is 2.42 bits per heavy atom. The molecule has 36 heavy (non-hydrogen) atoms. The highest BCUT2D eigenvalue weighted by molar-refractivity contribution is 6.00. The molecule has 0 saturated carbocycles. The minimum absolute atomic E-state index is 0.0600. The van der Waals surface area contributed by atoms with Crippen LogP contribution in [-0.4, -0.2) is 55.6 Å². The van der Waals surface area contributed by atoms with Crippen LogP contribution in [-0.2, 0) is 13.2 Å². The Balaban J connectivity index is 1.60. The molecule has 3 aromatic rings. The minimum Gasteiger partial charge on any atom is -0.352 e. The number of carbonyl (C=O) groups excluding carboxylic acids is 1. The van der Waals surface area contributed by atoms with Gasteiger partial charge in [-0.3, -0.25) is 9.48 Å². The first-order valence-corrected chi connectivity index (χ1v) is 11.0. The fourth-order valence-electron chi connectivity index (χ4n) is 4.26. The fourth-order valence-corrected chi connectivity index (χ4v) is 4.26. The quantitative estimate of drug-likeness (QED) is 0.505. The summed E-state index contributed by atoms with van der Waals surface area (Å²) in [6.07, 6.45) is -2.45. The maximum atomic E-state index is 14.5. The average molecular weight is 512 g/mol. The van der Waals surface area contributed by atoms with Gasteiger partial charge in [-0.05, 0) is 30.2 Å². The van der Waals surface area contributed by atoms with Gasteiger partial charge in [-0.25, -0.2) is 23.1 Å². The van der Waals surface area contributed by atoms with Crippen LogP contribution in [0.4, 0.5) is 32.3 Å². The first-order chi connectivity index (χ1) is 16.8. The summed E-state index contributed by atoms with van der Waals surface area (Å²) >= 11 is 0. The van der Waals surface area contributed by atoms with Crippen molar-refractivity contribution in [1.29, 1.82) is 0 Å². The number of halogens is 6. The molecule has 1 amide bonds. The van der Waals surface area contributed by atoms with E-state index in [0.29, 0.717) is 18.0 Å². The molecule has 1 saturated heterocycles. The third-order valence-corrected chi connectivity index (χ3v) is 5.97. The molecule has 13 heteroatoms. The Morgan fingerprint density at radius 2 is 1.81 bits per heavy atom. The number of piperidine rings is 1. The number of carbonyl (C=O) groups is 1. The lowest BCUT2D eigenvalue weighted by atomic mass is 9.87. The van der Waals surface area contributed by atoms with E-state index in [9.17, 15) is 31.1 Å². The van der Waals surface area contributed by atoms with Crippen LogP contribution in [0.1, 0.15) is 29.3 Å². The van der Waals surface area contributed by atoms with Crippen molar-refractivity contribution in [1.82, 2.24) is 24.6 Å². The number of nitrogens with one attached hydrogen (secondary N) is 1. The van der Waals surface area contributed by atoms with E-state index in [4.69, 9.17) is 0 Å². The normalized spacial score (nSPS) is 19.8. The average Bonchev–Trinajstić information content (AvgIpc) is 3.19. The zero-order valence-corrected chi connectivity index (χ0v) is 19.2. The molecule has 0 bridgehead atoms. The van der Waals surface area contributed by atoms with E-state index in [0.717, 1.165) is 4.90 Å².